The highest BCUT2D eigenvalue weighted by Crippen LogP contribution is 2.24. The average molecular weight is 1460 g/mol. The van der Waals surface area contributed by atoms with E-state index in [0.29, 0.717) is 49.6 Å². The van der Waals surface area contributed by atoms with Crippen LogP contribution in [-0.2, 0) is 94.4 Å². The fourth-order valence-electron chi connectivity index (χ4n) is 13.0. The molecule has 31 nitrogen and oxygen atoms in total. The van der Waals surface area contributed by atoms with E-state index >= 15 is 0 Å². The Morgan fingerprint density at radius 3 is 1.52 bits per heavy atom. The average Bonchev–Trinajstić information content (AvgIpc) is 1.60. The molecule has 16 N–H and O–H groups in total. The first kappa shape index (κ1) is 78.0. The number of primary amides is 1. The highest BCUT2D eigenvalue weighted by Gasteiger charge is 2.42. The van der Waals surface area contributed by atoms with Crippen LogP contribution in [0.4, 0.5) is 0 Å². The Bertz CT molecular complexity index is 4330. The van der Waals surface area contributed by atoms with Crippen LogP contribution in [0.2, 0.25) is 0 Å². The number of benzene rings is 5. The first-order chi connectivity index (χ1) is 50.8. The molecule has 560 valence electrons. The number of likely N-dealkylation sites (tertiary alicyclic amines) is 1. The van der Waals surface area contributed by atoms with Crippen LogP contribution in [0.25, 0.3) is 21.8 Å². The molecule has 0 spiro atoms. The second-order valence-corrected chi connectivity index (χ2v) is 26.4. The number of rotatable bonds is 34. The molecule has 106 heavy (non-hydrogen) atoms. The summed E-state index contributed by atoms with van der Waals surface area (Å²) >= 11 is 0. The number of nitrogens with two attached hydrogens (primary N) is 1. The van der Waals surface area contributed by atoms with Crippen molar-refractivity contribution in [3.8, 4) is 11.5 Å². The molecule has 12 amide bonds. The van der Waals surface area contributed by atoms with Gasteiger partial charge in [0.05, 0.1) is 19.1 Å². The van der Waals surface area contributed by atoms with E-state index in [1.807, 2.05) is 0 Å². The summed E-state index contributed by atoms with van der Waals surface area (Å²) in [6, 6.07) is 23.1. The fraction of sp³-hybridized carbons (Fsp3) is 0.373. The zero-order chi connectivity index (χ0) is 76.1. The summed E-state index contributed by atoms with van der Waals surface area (Å²) in [7, 11) is 0. The topological polar surface area (TPSA) is 466 Å². The minimum absolute atomic E-state index is 0.00248. The zero-order valence-corrected chi connectivity index (χ0v) is 58.5. The second-order valence-electron chi connectivity index (χ2n) is 26.4. The van der Waals surface area contributed by atoms with Gasteiger partial charge in [0.25, 0.3) is 0 Å². The van der Waals surface area contributed by atoms with E-state index in [9.17, 15) is 82.8 Å². The minimum atomic E-state index is -1.76. The number of amides is 12. The number of aromatic hydroxyl groups is 2. The number of aromatic amines is 2. The predicted octanol–water partition coefficient (Wildman–Crippen LogP) is 0.276. The first-order valence-corrected chi connectivity index (χ1v) is 34.9. The van der Waals surface area contributed by atoms with E-state index in [4.69, 9.17) is 5.73 Å². The molecule has 0 unspecified atom stereocenters. The van der Waals surface area contributed by atoms with Gasteiger partial charge in [-0.05, 0) is 96.8 Å². The van der Waals surface area contributed by atoms with Crippen molar-refractivity contribution in [2.24, 2.45) is 5.73 Å². The summed E-state index contributed by atoms with van der Waals surface area (Å²) in [5.74, 6) is -10.7. The largest absolute Gasteiger partial charge is 0.508 e. The first-order valence-electron chi connectivity index (χ1n) is 34.9. The molecule has 9 rings (SSSR count). The highest BCUT2D eigenvalue weighted by atomic mass is 16.4. The van der Waals surface area contributed by atoms with Crippen LogP contribution in [0.1, 0.15) is 80.2 Å². The van der Waals surface area contributed by atoms with Crippen molar-refractivity contribution >= 4 is 98.7 Å². The summed E-state index contributed by atoms with van der Waals surface area (Å²) in [5.41, 5.74) is 9.76. The molecule has 2 saturated heterocycles. The van der Waals surface area contributed by atoms with Gasteiger partial charge in [0.15, 0.2) is 0 Å². The maximum atomic E-state index is 14.9. The third-order valence-electron chi connectivity index (χ3n) is 18.6. The number of aliphatic carboxylic acids is 1. The number of aliphatic hydroxyl groups is 1. The Balaban J connectivity index is 0.888. The SMILES string of the molecule is CC(=O)N[C@@H](Cc1ccccc1)C(=O)N[C@@H](CCC(=O)O)C(=O)N[C@@H](Cc1c[nH]c2ccccc12)C(=O)N[C@H](C(=O)N1CCC[C@H]1C(=O)NCC(=O)N[C@@H](Cc1c[nH]c2ccccc12)C(=O)N[C@@H](Cc1ccc(O)cc1)C(=O)N[C@@H](CCC(N)=O)C(=O)N1CCN(C(=O)Cc2ccc(O)cc2)CC1)[C@@H](C)O. The fourth-order valence-corrected chi connectivity index (χ4v) is 13.0. The number of fused-ring (bicyclic) bond motifs is 2. The summed E-state index contributed by atoms with van der Waals surface area (Å²) < 4.78 is 0. The number of nitrogens with zero attached hydrogens (tertiary/aromatic N) is 3. The number of carbonyl (C=O) groups excluding carboxylic acids is 12. The van der Waals surface area contributed by atoms with Crippen LogP contribution < -0.4 is 48.3 Å². The number of H-pyrrole nitrogens is 2. The van der Waals surface area contributed by atoms with E-state index in [0.717, 1.165) is 4.90 Å². The third-order valence-corrected chi connectivity index (χ3v) is 18.6. The van der Waals surface area contributed by atoms with Crippen LogP contribution in [-0.4, -0.2) is 216 Å². The van der Waals surface area contributed by atoms with Gasteiger partial charge in [-0.3, -0.25) is 62.3 Å². The maximum Gasteiger partial charge on any atom is 0.303 e. The standard InChI is InChI=1S/C75H88N14O17/c1-43(90)67(86-72(103)61(39-49-41-78-55-16-9-7-14-53(49)55)85-68(99)56(27-29-66(97)98)82-69(100)58(80-44(2)91)35-45-11-4-3-5-12-45)75(106)89-30-10-17-62(89)73(104)79-42-64(95)81-60(38-48-40-77-54-15-8-6-13-52(48)54)71(102)84-59(36-46-18-22-50(92)23-19-46)70(101)83-57(26-28-63(76)94)74(105)88-33-31-87(32-34-88)65(96)37-47-20-24-51(93)25-21-47/h3-9,11-16,18-25,40-41,43,56-62,67,77-78,90,92-93H,10,17,26-39,42H2,1-2H3,(H2,76,94)(H,79,104)(H,80,91)(H,81,95)(H,82,100)(H,83,101)(H,84,102)(H,85,99)(H,86,103)(H,97,98)/t43-,56+,57+,58+,59+,60+,61+,62+,67+/m1/s1. The molecule has 0 saturated carbocycles. The van der Waals surface area contributed by atoms with Gasteiger partial charge in [0.1, 0.15) is 59.8 Å². The molecular weight excluding hydrogens is 1370 g/mol. The van der Waals surface area contributed by atoms with Crippen molar-refractivity contribution in [2.75, 3.05) is 39.3 Å². The summed E-state index contributed by atoms with van der Waals surface area (Å²) in [6.45, 7) is 2.03. The zero-order valence-electron chi connectivity index (χ0n) is 58.5. The maximum absolute atomic E-state index is 14.9. The van der Waals surface area contributed by atoms with Crippen LogP contribution in [0.15, 0.2) is 140 Å². The number of aliphatic hydroxyl groups excluding tert-OH is 1. The number of hydrogen-bond acceptors (Lipinski definition) is 16. The minimum Gasteiger partial charge on any atom is -0.508 e. The number of aromatic nitrogens is 2. The van der Waals surface area contributed by atoms with Gasteiger partial charge in [-0.15, -0.1) is 0 Å². The van der Waals surface area contributed by atoms with Crippen LogP contribution in [0.3, 0.4) is 0 Å². The quantitative estimate of drug-likeness (QED) is 0.0257. The van der Waals surface area contributed by atoms with Crippen LogP contribution in [0.5, 0.6) is 11.5 Å². The number of piperazine rings is 1. The Kier molecular flexibility index (Phi) is 27.1. The summed E-state index contributed by atoms with van der Waals surface area (Å²) in [5, 5.41) is 63.2. The number of nitrogens with one attached hydrogen (secondary N) is 10. The van der Waals surface area contributed by atoms with Crippen molar-refractivity contribution in [1.82, 2.24) is 67.2 Å². The Morgan fingerprint density at radius 1 is 0.509 bits per heavy atom. The second kappa shape index (κ2) is 36.8. The van der Waals surface area contributed by atoms with Crippen LogP contribution >= 0.6 is 0 Å². The molecule has 31 heteroatoms. The monoisotopic (exact) mass is 1460 g/mol. The van der Waals surface area contributed by atoms with E-state index < -0.39 is 145 Å². The lowest BCUT2D eigenvalue weighted by atomic mass is 10.0. The summed E-state index contributed by atoms with van der Waals surface area (Å²) in [4.78, 5) is 191. The lowest BCUT2D eigenvalue weighted by Gasteiger charge is -2.37. The van der Waals surface area contributed by atoms with Gasteiger partial charge in [-0.25, -0.2) is 0 Å². The van der Waals surface area contributed by atoms with Gasteiger partial charge in [-0.2, -0.15) is 0 Å². The van der Waals surface area contributed by atoms with E-state index in [2.05, 4.69) is 52.5 Å². The van der Waals surface area contributed by atoms with Gasteiger partial charge in [0.2, 0.25) is 70.9 Å². The summed E-state index contributed by atoms with van der Waals surface area (Å²) in [6.07, 6.45) is -0.341. The molecule has 2 fully saturated rings. The number of hydrogen-bond donors (Lipinski definition) is 15. The lowest BCUT2D eigenvalue weighted by Crippen LogP contribution is -2.61. The van der Waals surface area contributed by atoms with Crippen LogP contribution in [0, 0.1) is 0 Å². The van der Waals surface area contributed by atoms with E-state index in [1.54, 1.807) is 108 Å². The Labute approximate surface area is 609 Å². The molecule has 0 aliphatic carbocycles. The smallest absolute Gasteiger partial charge is 0.303 e. The normalized spacial score (nSPS) is 15.8. The van der Waals surface area contributed by atoms with Crippen molar-refractivity contribution in [3.05, 3.63) is 168 Å². The molecule has 7 aromatic rings. The molecular formula is C75H88N14O17. The highest BCUT2D eigenvalue weighted by molar-refractivity contribution is 6.00. The number of phenolic OH excluding ortho intramolecular Hbond substituents is 2. The predicted molar refractivity (Wildman–Crippen MR) is 385 cm³/mol. The lowest BCUT2D eigenvalue weighted by molar-refractivity contribution is -0.144. The van der Waals surface area contributed by atoms with Gasteiger partial charge in [-0.1, -0.05) is 91.0 Å². The van der Waals surface area contributed by atoms with Crippen molar-refractivity contribution in [3.63, 3.8) is 0 Å². The Hall–Kier alpha value is -12.2. The molecule has 0 bridgehead atoms. The van der Waals surface area contributed by atoms with Crippen molar-refractivity contribution < 1.29 is 82.8 Å². The molecule has 9 atom stereocenters. The third kappa shape index (κ3) is 21.7. The number of para-hydroxylation sites is 2. The van der Waals surface area contributed by atoms with E-state index in [1.165, 1.54) is 55.1 Å². The number of carbonyl (C=O) groups is 13. The molecule has 2 aliphatic heterocycles. The number of carboxylic acids is 1. The van der Waals surface area contributed by atoms with E-state index in [-0.39, 0.29) is 108 Å². The Morgan fingerprint density at radius 2 is 0.972 bits per heavy atom. The van der Waals surface area contributed by atoms with Gasteiger partial charge < -0.3 is 93.4 Å². The number of carboxylic acid groups (broad SMARTS) is 1. The van der Waals surface area contributed by atoms with Gasteiger partial charge >= 0.3 is 5.97 Å². The van der Waals surface area contributed by atoms with Crippen molar-refractivity contribution in [2.45, 2.75) is 139 Å². The molecule has 0 radical (unpaired) electrons. The molecule has 5 aromatic carbocycles. The molecule has 2 aliphatic rings. The van der Waals surface area contributed by atoms with Crippen molar-refractivity contribution in [1.29, 1.82) is 0 Å². The molecule has 4 heterocycles. The number of phenols is 2. The van der Waals surface area contributed by atoms with Gasteiger partial charge in [0, 0.05) is 112 Å². The molecule has 2 aromatic heterocycles.